The number of aromatic nitrogens is 2. The van der Waals surface area contributed by atoms with E-state index in [9.17, 15) is 4.79 Å². The Morgan fingerprint density at radius 1 is 1.40 bits per heavy atom. The van der Waals surface area contributed by atoms with Crippen LogP contribution in [0.3, 0.4) is 0 Å². The molecule has 0 saturated heterocycles. The standard InChI is InChI=1S/C13H16N4O2S/c1-8(14)12-16-17-13(20-12)15-11(18)7-9-3-5-10(19-2)6-4-9/h3-6,8H,7,14H2,1-2H3,(H,15,17,18). The molecule has 2 aromatic rings. The molecule has 0 aliphatic rings. The number of nitrogens with zero attached hydrogens (tertiary/aromatic N) is 2. The molecule has 3 N–H and O–H groups in total. The number of hydrogen-bond donors (Lipinski definition) is 2. The van der Waals surface area contributed by atoms with E-state index < -0.39 is 0 Å². The number of benzene rings is 1. The van der Waals surface area contributed by atoms with Crippen LogP contribution in [0.15, 0.2) is 24.3 Å². The first kappa shape index (κ1) is 14.4. The summed E-state index contributed by atoms with van der Waals surface area (Å²) in [6.07, 6.45) is 0.275. The first-order chi connectivity index (χ1) is 9.58. The number of ether oxygens (including phenoxy) is 1. The molecule has 7 heteroatoms. The van der Waals surface area contributed by atoms with Gasteiger partial charge in [-0.25, -0.2) is 0 Å². The Bertz CT molecular complexity index is 580. The molecule has 0 saturated carbocycles. The first-order valence-corrected chi connectivity index (χ1v) is 6.92. The van der Waals surface area contributed by atoms with E-state index in [-0.39, 0.29) is 18.4 Å². The number of nitrogens with two attached hydrogens (primary N) is 1. The minimum Gasteiger partial charge on any atom is -0.497 e. The van der Waals surface area contributed by atoms with Gasteiger partial charge in [-0.1, -0.05) is 23.5 Å². The largest absolute Gasteiger partial charge is 0.497 e. The van der Waals surface area contributed by atoms with Gasteiger partial charge in [-0.15, -0.1) is 10.2 Å². The summed E-state index contributed by atoms with van der Waals surface area (Å²) in [5, 5.41) is 11.7. The number of methoxy groups -OCH3 is 1. The molecule has 0 aliphatic carbocycles. The normalized spacial score (nSPS) is 11.9. The highest BCUT2D eigenvalue weighted by atomic mass is 32.1. The van der Waals surface area contributed by atoms with Gasteiger partial charge >= 0.3 is 0 Å². The molecule has 1 atom stereocenters. The molecule has 2 rings (SSSR count). The summed E-state index contributed by atoms with van der Waals surface area (Å²) in [4.78, 5) is 11.9. The molecule has 0 radical (unpaired) electrons. The molecule has 20 heavy (non-hydrogen) atoms. The molecule has 1 heterocycles. The summed E-state index contributed by atoms with van der Waals surface area (Å²) < 4.78 is 5.07. The van der Waals surface area contributed by atoms with Gasteiger partial charge in [-0.2, -0.15) is 0 Å². The van der Waals surface area contributed by atoms with Gasteiger partial charge in [0.1, 0.15) is 10.8 Å². The van der Waals surface area contributed by atoms with Crippen molar-refractivity contribution in [2.45, 2.75) is 19.4 Å². The van der Waals surface area contributed by atoms with Crippen LogP contribution >= 0.6 is 11.3 Å². The highest BCUT2D eigenvalue weighted by Crippen LogP contribution is 2.20. The van der Waals surface area contributed by atoms with E-state index in [1.54, 1.807) is 7.11 Å². The van der Waals surface area contributed by atoms with Crippen molar-refractivity contribution < 1.29 is 9.53 Å². The fourth-order valence-corrected chi connectivity index (χ4v) is 2.27. The monoisotopic (exact) mass is 292 g/mol. The first-order valence-electron chi connectivity index (χ1n) is 6.10. The van der Waals surface area contributed by atoms with Crippen molar-refractivity contribution in [1.82, 2.24) is 10.2 Å². The molecule has 0 fully saturated rings. The summed E-state index contributed by atoms with van der Waals surface area (Å²) >= 11 is 1.29. The Hall–Kier alpha value is -1.99. The zero-order valence-electron chi connectivity index (χ0n) is 11.3. The third kappa shape index (κ3) is 3.75. The lowest BCUT2D eigenvalue weighted by Crippen LogP contribution is -2.14. The fraction of sp³-hybridized carbons (Fsp3) is 0.308. The lowest BCUT2D eigenvalue weighted by atomic mass is 10.1. The van der Waals surface area contributed by atoms with Crippen molar-refractivity contribution in [3.05, 3.63) is 34.8 Å². The predicted molar refractivity (Wildman–Crippen MR) is 77.8 cm³/mol. The summed E-state index contributed by atoms with van der Waals surface area (Å²) in [6, 6.07) is 7.17. The van der Waals surface area contributed by atoms with Crippen molar-refractivity contribution in [1.29, 1.82) is 0 Å². The maximum Gasteiger partial charge on any atom is 0.230 e. The highest BCUT2D eigenvalue weighted by Gasteiger charge is 2.11. The van der Waals surface area contributed by atoms with Gasteiger partial charge in [-0.05, 0) is 24.6 Å². The van der Waals surface area contributed by atoms with E-state index >= 15 is 0 Å². The fourth-order valence-electron chi connectivity index (χ4n) is 1.56. The Morgan fingerprint density at radius 3 is 2.65 bits per heavy atom. The number of amides is 1. The number of carbonyl (C=O) groups is 1. The summed E-state index contributed by atoms with van der Waals surface area (Å²) in [6.45, 7) is 1.82. The predicted octanol–water partition coefficient (Wildman–Crippen LogP) is 1.75. The lowest BCUT2D eigenvalue weighted by molar-refractivity contribution is -0.115. The van der Waals surface area contributed by atoms with Crippen LogP contribution in [-0.4, -0.2) is 23.2 Å². The summed E-state index contributed by atoms with van der Waals surface area (Å²) in [7, 11) is 1.60. The molecule has 0 aliphatic heterocycles. The minimum atomic E-state index is -0.181. The van der Waals surface area contributed by atoms with Crippen LogP contribution in [0.4, 0.5) is 5.13 Å². The molecule has 1 aromatic carbocycles. The maximum absolute atomic E-state index is 11.9. The van der Waals surface area contributed by atoms with Gasteiger partial charge in [0.2, 0.25) is 11.0 Å². The minimum absolute atomic E-state index is 0.137. The van der Waals surface area contributed by atoms with E-state index in [2.05, 4.69) is 15.5 Å². The van der Waals surface area contributed by atoms with Crippen LogP contribution in [-0.2, 0) is 11.2 Å². The van der Waals surface area contributed by atoms with Gasteiger partial charge in [-0.3, -0.25) is 4.79 Å². The Morgan fingerprint density at radius 2 is 2.10 bits per heavy atom. The zero-order valence-corrected chi connectivity index (χ0v) is 12.1. The Balaban J connectivity index is 1.93. The van der Waals surface area contributed by atoms with Crippen LogP contribution in [0.2, 0.25) is 0 Å². The molecule has 1 aromatic heterocycles. The number of rotatable bonds is 5. The van der Waals surface area contributed by atoms with Gasteiger partial charge in [0.05, 0.1) is 19.6 Å². The second kappa shape index (κ2) is 6.44. The Kier molecular flexibility index (Phi) is 4.65. The molecular weight excluding hydrogens is 276 g/mol. The molecule has 0 spiro atoms. The van der Waals surface area contributed by atoms with Crippen LogP contribution in [0, 0.1) is 0 Å². The van der Waals surface area contributed by atoms with Crippen LogP contribution in [0.1, 0.15) is 23.5 Å². The van der Waals surface area contributed by atoms with Crippen molar-refractivity contribution in [2.24, 2.45) is 5.73 Å². The average Bonchev–Trinajstić information content (AvgIpc) is 2.88. The highest BCUT2D eigenvalue weighted by molar-refractivity contribution is 7.15. The molecule has 1 unspecified atom stereocenters. The average molecular weight is 292 g/mol. The zero-order chi connectivity index (χ0) is 14.5. The van der Waals surface area contributed by atoms with E-state index in [0.29, 0.717) is 10.1 Å². The van der Waals surface area contributed by atoms with E-state index in [4.69, 9.17) is 10.5 Å². The SMILES string of the molecule is COc1ccc(CC(=O)Nc2nnc(C(C)N)s2)cc1. The quantitative estimate of drug-likeness (QED) is 0.876. The molecule has 6 nitrogen and oxygen atoms in total. The smallest absolute Gasteiger partial charge is 0.230 e. The molecular formula is C13H16N4O2S. The van der Waals surface area contributed by atoms with E-state index in [1.165, 1.54) is 11.3 Å². The maximum atomic E-state index is 11.9. The van der Waals surface area contributed by atoms with Gasteiger partial charge in [0.25, 0.3) is 0 Å². The van der Waals surface area contributed by atoms with E-state index in [1.807, 2.05) is 31.2 Å². The number of nitrogens with one attached hydrogen (secondary N) is 1. The third-order valence-electron chi connectivity index (χ3n) is 2.60. The Labute approximate surface area is 121 Å². The third-order valence-corrected chi connectivity index (χ3v) is 3.64. The van der Waals surface area contributed by atoms with Crippen molar-refractivity contribution >= 4 is 22.4 Å². The van der Waals surface area contributed by atoms with Gasteiger partial charge in [0, 0.05) is 0 Å². The number of anilines is 1. The van der Waals surface area contributed by atoms with Crippen molar-refractivity contribution in [3.8, 4) is 5.75 Å². The second-order valence-electron chi connectivity index (χ2n) is 4.31. The lowest BCUT2D eigenvalue weighted by Gasteiger charge is -2.03. The summed E-state index contributed by atoms with van der Waals surface area (Å²) in [5.41, 5.74) is 6.60. The second-order valence-corrected chi connectivity index (χ2v) is 5.32. The molecule has 1 amide bonds. The molecule has 106 valence electrons. The number of carbonyl (C=O) groups excluding carboxylic acids is 1. The van der Waals surface area contributed by atoms with Crippen LogP contribution < -0.4 is 15.8 Å². The summed E-state index contributed by atoms with van der Waals surface area (Å²) in [5.74, 6) is 0.627. The van der Waals surface area contributed by atoms with Crippen molar-refractivity contribution in [2.75, 3.05) is 12.4 Å². The number of hydrogen-bond acceptors (Lipinski definition) is 6. The van der Waals surface area contributed by atoms with Crippen molar-refractivity contribution in [3.63, 3.8) is 0 Å². The van der Waals surface area contributed by atoms with Gasteiger partial charge in [0.15, 0.2) is 0 Å². The van der Waals surface area contributed by atoms with Crippen LogP contribution in [0.25, 0.3) is 0 Å². The van der Waals surface area contributed by atoms with Gasteiger partial charge < -0.3 is 15.8 Å². The van der Waals surface area contributed by atoms with E-state index in [0.717, 1.165) is 11.3 Å². The molecule has 0 bridgehead atoms. The van der Waals surface area contributed by atoms with Crippen LogP contribution in [0.5, 0.6) is 5.75 Å². The topological polar surface area (TPSA) is 90.1 Å².